The van der Waals surface area contributed by atoms with Crippen molar-refractivity contribution in [2.75, 3.05) is 6.61 Å². The largest absolute Gasteiger partial charge is 0.457 e. The fourth-order valence-corrected chi connectivity index (χ4v) is 8.53. The number of ether oxygens (including phenoxy) is 2. The van der Waals surface area contributed by atoms with Crippen molar-refractivity contribution >= 4 is 35.1 Å². The van der Waals surface area contributed by atoms with Gasteiger partial charge in [-0.2, -0.15) is 0 Å². The molecule has 0 aromatic carbocycles. The standard InChI is InChI=1S/C28H37ClO7/c1-6-23(33)35-15-22(32)28(36-24(34)7-2)16(3)12-20-19-9-8-17-13-18(30)10-11-25(17,4)27(19,29)21(31)14-26(20,28)5/h10-11,13,16,19-21,31H,6-9,12,14-15H2,1-5H3/t16-,19-,20-,21+,25-,26-,27+,28+/m0/s1. The first-order valence-electron chi connectivity index (χ1n) is 13.0. The minimum absolute atomic E-state index is 0.0801. The first kappa shape index (κ1) is 27.1. The van der Waals surface area contributed by atoms with E-state index in [1.165, 1.54) is 6.08 Å². The van der Waals surface area contributed by atoms with E-state index >= 15 is 0 Å². The van der Waals surface area contributed by atoms with E-state index in [0.29, 0.717) is 19.3 Å². The maximum atomic E-state index is 13.9. The second-order valence-electron chi connectivity index (χ2n) is 11.4. The highest BCUT2D eigenvalue weighted by molar-refractivity contribution is 6.26. The van der Waals surface area contributed by atoms with Crippen LogP contribution in [0.15, 0.2) is 23.8 Å². The van der Waals surface area contributed by atoms with Gasteiger partial charge in [0.05, 0.1) is 11.0 Å². The molecule has 4 rings (SSSR count). The third-order valence-corrected chi connectivity index (χ3v) is 10.7. The van der Waals surface area contributed by atoms with E-state index in [1.807, 2.05) is 26.8 Å². The second-order valence-corrected chi connectivity index (χ2v) is 12.0. The van der Waals surface area contributed by atoms with Gasteiger partial charge in [-0.1, -0.05) is 46.3 Å². The Morgan fingerprint density at radius 2 is 1.81 bits per heavy atom. The minimum atomic E-state index is -1.55. The van der Waals surface area contributed by atoms with Crippen molar-refractivity contribution in [1.82, 2.24) is 0 Å². The molecule has 0 spiro atoms. The molecule has 0 radical (unpaired) electrons. The molecule has 0 bridgehead atoms. The van der Waals surface area contributed by atoms with Crippen molar-refractivity contribution in [3.8, 4) is 0 Å². The smallest absolute Gasteiger partial charge is 0.306 e. The molecule has 36 heavy (non-hydrogen) atoms. The maximum Gasteiger partial charge on any atom is 0.306 e. The summed E-state index contributed by atoms with van der Waals surface area (Å²) in [6.45, 7) is 8.61. The molecule has 3 fully saturated rings. The molecule has 0 aliphatic heterocycles. The Morgan fingerprint density at radius 3 is 2.44 bits per heavy atom. The SMILES string of the molecule is CCC(=O)OCC(=O)[C@]1(OC(=O)CC)[C@@H](C)C[C@H]2[C@@H]3CCC4=CC(=O)C=C[C@]4(C)[C@]3(Cl)[C@H](O)C[C@@]21C. The van der Waals surface area contributed by atoms with Crippen molar-refractivity contribution < 1.29 is 33.8 Å². The summed E-state index contributed by atoms with van der Waals surface area (Å²) in [4.78, 5) is 49.5. The van der Waals surface area contributed by atoms with Crippen LogP contribution in [0.2, 0.25) is 0 Å². The zero-order valence-corrected chi connectivity index (χ0v) is 22.5. The third-order valence-electron chi connectivity index (χ3n) is 9.81. The summed E-state index contributed by atoms with van der Waals surface area (Å²) in [5, 5.41) is 11.8. The monoisotopic (exact) mass is 520 g/mol. The van der Waals surface area contributed by atoms with Gasteiger partial charge in [0.25, 0.3) is 0 Å². The van der Waals surface area contributed by atoms with Gasteiger partial charge in [0.2, 0.25) is 5.78 Å². The number of fused-ring (bicyclic) bond motifs is 5. The van der Waals surface area contributed by atoms with Crippen LogP contribution in [0.3, 0.4) is 0 Å². The molecule has 198 valence electrons. The van der Waals surface area contributed by atoms with Gasteiger partial charge in [-0.25, -0.2) is 0 Å². The van der Waals surface area contributed by atoms with E-state index in [0.717, 1.165) is 5.57 Å². The van der Waals surface area contributed by atoms with Crippen LogP contribution < -0.4 is 0 Å². The summed E-state index contributed by atoms with van der Waals surface area (Å²) >= 11 is 7.48. The van der Waals surface area contributed by atoms with Gasteiger partial charge in [0, 0.05) is 29.6 Å². The van der Waals surface area contributed by atoms with Gasteiger partial charge in [-0.3, -0.25) is 19.2 Å². The molecule has 8 atom stereocenters. The van der Waals surface area contributed by atoms with Crippen LogP contribution in [0.1, 0.15) is 73.1 Å². The topological polar surface area (TPSA) is 107 Å². The molecule has 0 aromatic rings. The van der Waals surface area contributed by atoms with E-state index in [4.69, 9.17) is 21.1 Å². The van der Waals surface area contributed by atoms with Crippen molar-refractivity contribution in [3.63, 3.8) is 0 Å². The Bertz CT molecular complexity index is 1050. The van der Waals surface area contributed by atoms with Crippen LogP contribution in [0, 0.1) is 28.6 Å². The maximum absolute atomic E-state index is 13.9. The van der Waals surface area contributed by atoms with E-state index < -0.39 is 51.7 Å². The van der Waals surface area contributed by atoms with Crippen LogP contribution in [0.4, 0.5) is 0 Å². The molecule has 0 amide bonds. The van der Waals surface area contributed by atoms with Gasteiger partial charge >= 0.3 is 11.9 Å². The number of aliphatic hydroxyl groups is 1. The Labute approximate surface area is 217 Å². The van der Waals surface area contributed by atoms with Crippen LogP contribution in [0.5, 0.6) is 0 Å². The highest BCUT2D eigenvalue weighted by atomic mass is 35.5. The molecule has 3 saturated carbocycles. The van der Waals surface area contributed by atoms with E-state index in [1.54, 1.807) is 19.9 Å². The molecule has 4 aliphatic carbocycles. The molecule has 8 heteroatoms. The number of halogens is 1. The Balaban J connectivity index is 1.80. The number of esters is 2. The number of rotatable bonds is 6. The van der Waals surface area contributed by atoms with E-state index in [2.05, 4.69) is 0 Å². The number of carbonyl (C=O) groups excluding carboxylic acids is 4. The summed E-state index contributed by atoms with van der Waals surface area (Å²) in [6, 6.07) is 0. The summed E-state index contributed by atoms with van der Waals surface area (Å²) < 4.78 is 11.3. The third kappa shape index (κ3) is 3.48. The van der Waals surface area contributed by atoms with E-state index in [-0.39, 0.29) is 42.8 Å². The number of carbonyl (C=O) groups is 4. The van der Waals surface area contributed by atoms with Crippen molar-refractivity contribution in [1.29, 1.82) is 0 Å². The lowest BCUT2D eigenvalue weighted by Crippen LogP contribution is -2.69. The minimum Gasteiger partial charge on any atom is -0.457 e. The van der Waals surface area contributed by atoms with Crippen molar-refractivity contribution in [3.05, 3.63) is 23.8 Å². The normalized spacial score (nSPS) is 43.1. The molecule has 0 aromatic heterocycles. The van der Waals surface area contributed by atoms with Gasteiger partial charge in [0.15, 0.2) is 18.0 Å². The zero-order valence-electron chi connectivity index (χ0n) is 21.8. The molecule has 4 aliphatic rings. The Kier molecular flexibility index (Phi) is 6.83. The van der Waals surface area contributed by atoms with E-state index in [9.17, 15) is 24.3 Å². The van der Waals surface area contributed by atoms with Crippen LogP contribution >= 0.6 is 11.6 Å². The lowest BCUT2D eigenvalue weighted by Gasteiger charge is -2.64. The number of ketones is 2. The number of allylic oxidation sites excluding steroid dienone is 4. The predicted octanol–water partition coefficient (Wildman–Crippen LogP) is 4.09. The number of hydrogen-bond acceptors (Lipinski definition) is 7. The summed E-state index contributed by atoms with van der Waals surface area (Å²) in [5.74, 6) is -2.24. The van der Waals surface area contributed by atoms with Gasteiger partial charge in [-0.05, 0) is 49.7 Å². The molecule has 1 N–H and O–H groups in total. The number of Topliss-reactive ketones (excluding diaryl/α,β-unsaturated/α-hetero) is 1. The number of alkyl halides is 1. The lowest BCUT2D eigenvalue weighted by atomic mass is 9.45. The molecular formula is C28H37ClO7. The Hall–Kier alpha value is -1.99. The number of aliphatic hydroxyl groups excluding tert-OH is 1. The number of hydrogen-bond donors (Lipinski definition) is 1. The van der Waals surface area contributed by atoms with Gasteiger partial charge in [-0.15, -0.1) is 11.6 Å². The van der Waals surface area contributed by atoms with Crippen LogP contribution in [-0.4, -0.2) is 51.8 Å². The molecule has 0 heterocycles. The molecule has 7 nitrogen and oxygen atoms in total. The predicted molar refractivity (Wildman–Crippen MR) is 133 cm³/mol. The molecular weight excluding hydrogens is 484 g/mol. The fourth-order valence-electron chi connectivity index (χ4n) is 8.01. The average molecular weight is 521 g/mol. The molecule has 0 unspecified atom stereocenters. The van der Waals surface area contributed by atoms with Crippen molar-refractivity contribution in [2.24, 2.45) is 28.6 Å². The van der Waals surface area contributed by atoms with Crippen LogP contribution in [-0.2, 0) is 28.7 Å². The average Bonchev–Trinajstić information content (AvgIpc) is 3.05. The van der Waals surface area contributed by atoms with Gasteiger partial charge < -0.3 is 14.6 Å². The van der Waals surface area contributed by atoms with Crippen LogP contribution in [0.25, 0.3) is 0 Å². The highest BCUT2D eigenvalue weighted by Gasteiger charge is 2.76. The summed E-state index contributed by atoms with van der Waals surface area (Å²) in [6.07, 6.45) is 6.18. The zero-order chi connectivity index (χ0) is 26.7. The second kappa shape index (κ2) is 9.09. The first-order chi connectivity index (χ1) is 16.8. The highest BCUT2D eigenvalue weighted by Crippen LogP contribution is 2.72. The Morgan fingerprint density at radius 1 is 1.14 bits per heavy atom. The summed E-state index contributed by atoms with van der Waals surface area (Å²) in [7, 11) is 0. The summed E-state index contributed by atoms with van der Waals surface area (Å²) in [5.41, 5.74) is -2.27. The first-order valence-corrected chi connectivity index (χ1v) is 13.4. The quantitative estimate of drug-likeness (QED) is 0.415. The lowest BCUT2D eigenvalue weighted by molar-refractivity contribution is -0.203. The fraction of sp³-hybridized carbons (Fsp3) is 0.714. The van der Waals surface area contributed by atoms with Crippen molar-refractivity contribution in [2.45, 2.75) is 89.7 Å². The molecule has 0 saturated heterocycles. The van der Waals surface area contributed by atoms with Gasteiger partial charge in [0.1, 0.15) is 0 Å².